The minimum atomic E-state index is -2.68. The Balaban J connectivity index is 2.01. The molecule has 1 aliphatic rings. The van der Waals surface area contributed by atoms with Crippen LogP contribution in [0.2, 0.25) is 0 Å². The van der Waals surface area contributed by atoms with Crippen molar-refractivity contribution in [1.29, 1.82) is 0 Å². The second kappa shape index (κ2) is 9.85. The van der Waals surface area contributed by atoms with Crippen LogP contribution in [0.3, 0.4) is 0 Å². The van der Waals surface area contributed by atoms with E-state index in [4.69, 9.17) is 4.99 Å². The summed E-state index contributed by atoms with van der Waals surface area (Å²) < 4.78 is 28.4. The van der Waals surface area contributed by atoms with Crippen molar-refractivity contribution in [3.8, 4) is 0 Å². The zero-order valence-corrected chi connectivity index (χ0v) is 18.0. The molecule has 0 saturated heterocycles. The lowest BCUT2D eigenvalue weighted by Gasteiger charge is -2.15. The summed E-state index contributed by atoms with van der Waals surface area (Å²) in [6, 6.07) is 8.02. The van der Waals surface area contributed by atoms with Crippen molar-refractivity contribution in [1.82, 2.24) is 9.78 Å². The van der Waals surface area contributed by atoms with E-state index < -0.39 is 6.43 Å². The van der Waals surface area contributed by atoms with E-state index in [9.17, 15) is 13.9 Å². The van der Waals surface area contributed by atoms with E-state index in [0.717, 1.165) is 18.5 Å². The van der Waals surface area contributed by atoms with Crippen LogP contribution in [0.4, 0.5) is 14.5 Å². The fraction of sp³-hybridized carbons (Fsp3) is 0.545. The first-order valence-electron chi connectivity index (χ1n) is 10.2. The first-order chi connectivity index (χ1) is 13.9. The normalized spacial score (nSPS) is 22.6. The number of aliphatic imine (C=N–C) groups is 1. The first kappa shape index (κ1) is 22.0. The highest BCUT2D eigenvalue weighted by atomic mass is 32.2. The van der Waals surface area contributed by atoms with Gasteiger partial charge in [-0.25, -0.2) is 13.8 Å². The van der Waals surface area contributed by atoms with Gasteiger partial charge in [0.2, 0.25) is 0 Å². The van der Waals surface area contributed by atoms with Gasteiger partial charge in [0, 0.05) is 19.0 Å². The third-order valence-electron chi connectivity index (χ3n) is 5.80. The maximum Gasteiger partial charge on any atom is 0.282 e. The average molecular weight is 422 g/mol. The van der Waals surface area contributed by atoms with Crippen LogP contribution in [0.5, 0.6) is 0 Å². The molecule has 1 heterocycles. The second-order valence-electron chi connectivity index (χ2n) is 7.76. The van der Waals surface area contributed by atoms with Gasteiger partial charge in [-0.15, -0.1) is 11.8 Å². The van der Waals surface area contributed by atoms with Gasteiger partial charge in [-0.1, -0.05) is 38.5 Å². The molecule has 0 aliphatic heterocycles. The van der Waals surface area contributed by atoms with E-state index in [1.54, 1.807) is 13.2 Å². The van der Waals surface area contributed by atoms with Gasteiger partial charge in [-0.3, -0.25) is 4.68 Å². The number of hydrogen-bond donors (Lipinski definition) is 1. The minimum absolute atomic E-state index is 0.0477. The van der Waals surface area contributed by atoms with E-state index in [1.165, 1.54) is 28.4 Å². The Bertz CT molecular complexity index is 852. The summed E-state index contributed by atoms with van der Waals surface area (Å²) in [5.74, 6) is 2.21. The SMILES string of the molecule is CCC1CC(c2ccccc2N=C(SCCO)c2cn(C)nc2C(F)F)C[C@H]1C. The lowest BCUT2D eigenvalue weighted by Crippen LogP contribution is -2.03. The summed E-state index contributed by atoms with van der Waals surface area (Å²) in [6.07, 6.45) is 2.34. The number of para-hydroxylation sites is 1. The van der Waals surface area contributed by atoms with E-state index in [0.29, 0.717) is 34.1 Å². The molecule has 3 atom stereocenters. The predicted molar refractivity (Wildman–Crippen MR) is 115 cm³/mol. The third kappa shape index (κ3) is 5.07. The van der Waals surface area contributed by atoms with Crippen LogP contribution in [0.1, 0.15) is 62.3 Å². The van der Waals surface area contributed by atoms with E-state index in [2.05, 4.69) is 25.0 Å². The van der Waals surface area contributed by atoms with Gasteiger partial charge < -0.3 is 5.11 Å². The molecule has 1 saturated carbocycles. The van der Waals surface area contributed by atoms with Crippen molar-refractivity contribution in [2.75, 3.05) is 12.4 Å². The number of aliphatic hydroxyl groups excluding tert-OH is 1. The van der Waals surface area contributed by atoms with E-state index in [-0.39, 0.29) is 12.3 Å². The number of alkyl halides is 2. The molecular formula is C22H29F2N3OS. The molecule has 2 unspecified atom stereocenters. The number of rotatable bonds is 7. The molecule has 0 spiro atoms. The Hall–Kier alpha value is -1.73. The number of hydrogen-bond acceptors (Lipinski definition) is 4. The number of benzene rings is 1. The smallest absolute Gasteiger partial charge is 0.282 e. The number of aliphatic hydroxyl groups is 1. The second-order valence-corrected chi connectivity index (χ2v) is 8.85. The molecular weight excluding hydrogens is 392 g/mol. The van der Waals surface area contributed by atoms with Crippen molar-refractivity contribution < 1.29 is 13.9 Å². The molecule has 1 N–H and O–H groups in total. The summed E-state index contributed by atoms with van der Waals surface area (Å²) in [4.78, 5) is 4.83. The first-order valence-corrected chi connectivity index (χ1v) is 11.2. The van der Waals surface area contributed by atoms with E-state index >= 15 is 0 Å². The van der Waals surface area contributed by atoms with Gasteiger partial charge in [0.1, 0.15) is 10.7 Å². The number of aryl methyl sites for hydroxylation is 1. The molecule has 1 aromatic heterocycles. The maximum atomic E-state index is 13.5. The van der Waals surface area contributed by atoms with Crippen LogP contribution in [0, 0.1) is 11.8 Å². The summed E-state index contributed by atoms with van der Waals surface area (Å²) in [5, 5.41) is 13.7. The Morgan fingerprint density at radius 2 is 2.10 bits per heavy atom. The van der Waals surface area contributed by atoms with Crippen LogP contribution >= 0.6 is 11.8 Å². The van der Waals surface area contributed by atoms with Crippen molar-refractivity contribution in [2.45, 2.75) is 45.5 Å². The average Bonchev–Trinajstić information content (AvgIpc) is 3.28. The quantitative estimate of drug-likeness (QED) is 0.461. The zero-order chi connectivity index (χ0) is 21.0. The van der Waals surface area contributed by atoms with Gasteiger partial charge >= 0.3 is 0 Å². The Kier molecular flexibility index (Phi) is 7.46. The molecule has 4 nitrogen and oxygen atoms in total. The van der Waals surface area contributed by atoms with Gasteiger partial charge in [-0.05, 0) is 42.2 Å². The molecule has 1 aromatic carbocycles. The van der Waals surface area contributed by atoms with Crippen LogP contribution in [-0.2, 0) is 7.05 Å². The van der Waals surface area contributed by atoms with E-state index in [1.807, 2.05) is 18.2 Å². The molecule has 1 aliphatic carbocycles. The van der Waals surface area contributed by atoms with Gasteiger partial charge in [0.05, 0.1) is 17.9 Å². The molecule has 7 heteroatoms. The van der Waals surface area contributed by atoms with Crippen LogP contribution in [0.15, 0.2) is 35.5 Å². The summed E-state index contributed by atoms with van der Waals surface area (Å²) >= 11 is 1.28. The number of thioether (sulfide) groups is 1. The standard InChI is InChI=1S/C22H29F2N3OS/c1-4-15-12-16(11-14(15)2)17-7-5-6-8-19(17)25-22(29-10-9-28)18-13-27(3)26-20(18)21(23)24/h5-8,13-16,21,28H,4,9-12H2,1-3H3/t14-,15?,16?/m1/s1. The topological polar surface area (TPSA) is 50.4 Å². The van der Waals surface area contributed by atoms with Crippen LogP contribution in [-0.4, -0.2) is 32.3 Å². The number of halogens is 2. The lowest BCUT2D eigenvalue weighted by molar-refractivity contribution is 0.145. The molecule has 0 radical (unpaired) electrons. The molecule has 0 amide bonds. The fourth-order valence-corrected chi connectivity index (χ4v) is 5.11. The highest BCUT2D eigenvalue weighted by Gasteiger charge is 2.32. The lowest BCUT2D eigenvalue weighted by atomic mass is 9.94. The van der Waals surface area contributed by atoms with Gasteiger partial charge in [0.15, 0.2) is 0 Å². The Labute approximate surface area is 175 Å². The third-order valence-corrected chi connectivity index (χ3v) is 6.77. The van der Waals surface area contributed by atoms with Crippen LogP contribution < -0.4 is 0 Å². The number of nitrogens with zero attached hydrogens (tertiary/aromatic N) is 3. The molecule has 1 fully saturated rings. The monoisotopic (exact) mass is 421 g/mol. The summed E-state index contributed by atoms with van der Waals surface area (Å²) in [6.45, 7) is 4.51. The van der Waals surface area contributed by atoms with Crippen LogP contribution in [0.25, 0.3) is 0 Å². The Morgan fingerprint density at radius 1 is 1.34 bits per heavy atom. The van der Waals surface area contributed by atoms with Crippen molar-refractivity contribution in [3.63, 3.8) is 0 Å². The zero-order valence-electron chi connectivity index (χ0n) is 17.2. The predicted octanol–water partition coefficient (Wildman–Crippen LogP) is 5.70. The van der Waals surface area contributed by atoms with Crippen molar-refractivity contribution in [2.24, 2.45) is 23.9 Å². The molecule has 29 heavy (non-hydrogen) atoms. The fourth-order valence-electron chi connectivity index (χ4n) is 4.35. The summed E-state index contributed by atoms with van der Waals surface area (Å²) in [5.41, 5.74) is 2.07. The molecule has 0 bridgehead atoms. The van der Waals surface area contributed by atoms with Crippen molar-refractivity contribution in [3.05, 3.63) is 47.3 Å². The summed E-state index contributed by atoms with van der Waals surface area (Å²) in [7, 11) is 1.63. The number of aromatic nitrogens is 2. The van der Waals surface area contributed by atoms with Gasteiger partial charge in [0.25, 0.3) is 6.43 Å². The molecule has 3 rings (SSSR count). The maximum absolute atomic E-state index is 13.5. The molecule has 2 aromatic rings. The van der Waals surface area contributed by atoms with Gasteiger partial charge in [-0.2, -0.15) is 5.10 Å². The highest BCUT2D eigenvalue weighted by Crippen LogP contribution is 2.46. The highest BCUT2D eigenvalue weighted by molar-refractivity contribution is 8.14. The molecule has 158 valence electrons. The minimum Gasteiger partial charge on any atom is -0.396 e. The van der Waals surface area contributed by atoms with Crippen molar-refractivity contribution >= 4 is 22.5 Å². The largest absolute Gasteiger partial charge is 0.396 e. The Morgan fingerprint density at radius 3 is 2.76 bits per heavy atom.